The third-order valence-electron chi connectivity index (χ3n) is 3.19. The average molecular weight is 338 g/mol. The Morgan fingerprint density at radius 2 is 1.92 bits per heavy atom. The Bertz CT molecular complexity index is 731. The number of phenolic OH excluding ortho intramolecular Hbond substituents is 1. The Labute approximate surface area is 137 Å². The second-order valence-corrected chi connectivity index (χ2v) is 4.96. The minimum Gasteiger partial charge on any atom is -0.507 e. The smallest absolute Gasteiger partial charge is 0.387 e. The fraction of sp³-hybridized carbons (Fsp3) is 0.235. The third kappa shape index (κ3) is 4.34. The summed E-state index contributed by atoms with van der Waals surface area (Å²) in [4.78, 5) is 12.0. The van der Waals surface area contributed by atoms with Gasteiger partial charge in [-0.3, -0.25) is 0 Å². The van der Waals surface area contributed by atoms with Crippen LogP contribution in [0.3, 0.4) is 0 Å². The van der Waals surface area contributed by atoms with Gasteiger partial charge in [0.25, 0.3) is 0 Å². The predicted octanol–water partition coefficient (Wildman–Crippen LogP) is 3.67. The van der Waals surface area contributed by atoms with Crippen molar-refractivity contribution in [2.45, 2.75) is 20.1 Å². The molecule has 5 nitrogen and oxygen atoms in total. The van der Waals surface area contributed by atoms with Crippen LogP contribution in [0.5, 0.6) is 17.2 Å². The van der Waals surface area contributed by atoms with E-state index in [1.54, 1.807) is 13.0 Å². The van der Waals surface area contributed by atoms with E-state index in [-0.39, 0.29) is 29.4 Å². The number of esters is 1. The molecule has 0 saturated carbocycles. The van der Waals surface area contributed by atoms with Crippen molar-refractivity contribution >= 4 is 5.97 Å². The Kier molecular flexibility index (Phi) is 5.57. The third-order valence-corrected chi connectivity index (χ3v) is 3.19. The van der Waals surface area contributed by atoms with Crippen LogP contribution in [0.25, 0.3) is 0 Å². The topological polar surface area (TPSA) is 65.0 Å². The number of methoxy groups -OCH3 is 1. The van der Waals surface area contributed by atoms with E-state index < -0.39 is 12.6 Å². The second-order valence-electron chi connectivity index (χ2n) is 4.96. The van der Waals surface area contributed by atoms with Gasteiger partial charge in [0.15, 0.2) is 11.5 Å². The molecule has 0 heterocycles. The van der Waals surface area contributed by atoms with Gasteiger partial charge in [-0.2, -0.15) is 8.78 Å². The number of rotatable bonds is 6. The van der Waals surface area contributed by atoms with Crippen molar-refractivity contribution in [2.24, 2.45) is 0 Å². The highest BCUT2D eigenvalue weighted by molar-refractivity contribution is 5.92. The van der Waals surface area contributed by atoms with Crippen LogP contribution in [-0.4, -0.2) is 24.8 Å². The molecule has 0 spiro atoms. The molecule has 2 aromatic carbocycles. The van der Waals surface area contributed by atoms with Gasteiger partial charge in [-0.1, -0.05) is 17.7 Å². The summed E-state index contributed by atoms with van der Waals surface area (Å²) in [7, 11) is 1.31. The lowest BCUT2D eigenvalue weighted by Crippen LogP contribution is -2.07. The maximum atomic E-state index is 12.3. The fourth-order valence-corrected chi connectivity index (χ4v) is 2.04. The van der Waals surface area contributed by atoms with Gasteiger partial charge in [0.1, 0.15) is 17.9 Å². The van der Waals surface area contributed by atoms with Crippen molar-refractivity contribution in [1.82, 2.24) is 0 Å². The number of benzene rings is 2. The van der Waals surface area contributed by atoms with Crippen LogP contribution in [0.1, 0.15) is 21.5 Å². The molecule has 0 aromatic heterocycles. The first-order valence-electron chi connectivity index (χ1n) is 6.99. The van der Waals surface area contributed by atoms with Gasteiger partial charge < -0.3 is 19.3 Å². The number of hydrogen-bond acceptors (Lipinski definition) is 5. The first kappa shape index (κ1) is 17.5. The highest BCUT2D eigenvalue weighted by Crippen LogP contribution is 2.30. The summed E-state index contributed by atoms with van der Waals surface area (Å²) < 4.78 is 39.0. The number of aromatic hydroxyl groups is 1. The number of ether oxygens (including phenoxy) is 3. The van der Waals surface area contributed by atoms with Crippen molar-refractivity contribution in [3.63, 3.8) is 0 Å². The van der Waals surface area contributed by atoms with Crippen LogP contribution >= 0.6 is 0 Å². The summed E-state index contributed by atoms with van der Waals surface area (Å²) in [6.07, 6.45) is 0. The lowest BCUT2D eigenvalue weighted by atomic mass is 10.1. The molecule has 128 valence electrons. The summed E-state index contributed by atoms with van der Waals surface area (Å²) in [6, 6.07) is 8.80. The van der Waals surface area contributed by atoms with Crippen molar-refractivity contribution in [1.29, 1.82) is 0 Å². The van der Waals surface area contributed by atoms with Crippen LogP contribution < -0.4 is 9.47 Å². The van der Waals surface area contributed by atoms with Crippen LogP contribution in [-0.2, 0) is 11.3 Å². The molecule has 0 aliphatic carbocycles. The zero-order valence-electron chi connectivity index (χ0n) is 13.1. The summed E-state index contributed by atoms with van der Waals surface area (Å²) in [5.41, 5.74) is 1.38. The van der Waals surface area contributed by atoms with Crippen molar-refractivity contribution in [2.75, 3.05) is 7.11 Å². The maximum Gasteiger partial charge on any atom is 0.387 e. The van der Waals surface area contributed by atoms with Gasteiger partial charge in [-0.25, -0.2) is 4.79 Å². The molecule has 0 radical (unpaired) electrons. The molecule has 0 aliphatic heterocycles. The predicted molar refractivity (Wildman–Crippen MR) is 81.6 cm³/mol. The molecule has 0 unspecified atom stereocenters. The van der Waals surface area contributed by atoms with E-state index in [0.29, 0.717) is 5.56 Å². The summed E-state index contributed by atoms with van der Waals surface area (Å²) in [6.45, 7) is -1.30. The first-order valence-corrected chi connectivity index (χ1v) is 6.99. The lowest BCUT2D eigenvalue weighted by Gasteiger charge is -2.12. The van der Waals surface area contributed by atoms with Crippen LogP contribution in [0, 0.1) is 6.92 Å². The van der Waals surface area contributed by atoms with Gasteiger partial charge in [0.2, 0.25) is 0 Å². The molecule has 7 heteroatoms. The second kappa shape index (κ2) is 7.63. The lowest BCUT2D eigenvalue weighted by molar-refractivity contribution is -0.0512. The molecule has 0 atom stereocenters. The maximum absolute atomic E-state index is 12.3. The molecule has 2 aromatic rings. The number of halogens is 2. The summed E-state index contributed by atoms with van der Waals surface area (Å²) >= 11 is 0. The Morgan fingerprint density at radius 1 is 1.17 bits per heavy atom. The van der Waals surface area contributed by atoms with Crippen molar-refractivity contribution in [3.05, 3.63) is 53.1 Å². The number of aryl methyl sites for hydroxylation is 1. The molecule has 1 N–H and O–H groups in total. The molecular formula is C17H16F2O5. The summed E-state index contributed by atoms with van der Waals surface area (Å²) in [5, 5.41) is 9.70. The zero-order chi connectivity index (χ0) is 17.7. The number of carbonyl (C=O) groups is 1. The van der Waals surface area contributed by atoms with Crippen LogP contribution in [0.15, 0.2) is 36.4 Å². The fourth-order valence-electron chi connectivity index (χ4n) is 2.04. The van der Waals surface area contributed by atoms with E-state index in [4.69, 9.17) is 9.47 Å². The minimum atomic E-state index is -2.97. The largest absolute Gasteiger partial charge is 0.507 e. The van der Waals surface area contributed by atoms with Crippen LogP contribution in [0.4, 0.5) is 8.78 Å². The first-order chi connectivity index (χ1) is 11.4. The van der Waals surface area contributed by atoms with E-state index >= 15 is 0 Å². The Balaban J connectivity index is 2.08. The molecule has 0 fully saturated rings. The zero-order valence-corrected chi connectivity index (χ0v) is 13.1. The number of carbonyl (C=O) groups excluding carboxylic acids is 1. The average Bonchev–Trinajstić information content (AvgIpc) is 2.55. The molecule has 0 aliphatic rings. The molecule has 2 rings (SSSR count). The van der Waals surface area contributed by atoms with Gasteiger partial charge in [0.05, 0.1) is 7.11 Å². The molecular weight excluding hydrogens is 322 g/mol. The SMILES string of the molecule is COc1cc(COC(=O)c2cc(C)ccc2O)ccc1OC(F)F. The number of alkyl halides is 2. The number of hydrogen-bond donors (Lipinski definition) is 1. The highest BCUT2D eigenvalue weighted by Gasteiger charge is 2.15. The van der Waals surface area contributed by atoms with E-state index in [1.807, 2.05) is 0 Å². The molecule has 0 saturated heterocycles. The van der Waals surface area contributed by atoms with Crippen LogP contribution in [0.2, 0.25) is 0 Å². The number of phenols is 1. The van der Waals surface area contributed by atoms with Gasteiger partial charge in [-0.05, 0) is 36.8 Å². The van der Waals surface area contributed by atoms with Gasteiger partial charge in [-0.15, -0.1) is 0 Å². The van der Waals surface area contributed by atoms with E-state index in [1.165, 1.54) is 37.4 Å². The minimum absolute atomic E-state index is 0.0552. The standard InChI is InChI=1S/C17H16F2O5/c1-10-3-5-13(20)12(7-10)16(21)23-9-11-4-6-14(24-17(18)19)15(8-11)22-2/h3-8,17,20H,9H2,1-2H3. The van der Waals surface area contributed by atoms with Gasteiger partial charge in [0, 0.05) is 0 Å². The van der Waals surface area contributed by atoms with Gasteiger partial charge >= 0.3 is 12.6 Å². The van der Waals surface area contributed by atoms with E-state index in [2.05, 4.69) is 4.74 Å². The summed E-state index contributed by atoms with van der Waals surface area (Å²) in [5.74, 6) is -0.881. The van der Waals surface area contributed by atoms with E-state index in [0.717, 1.165) is 5.56 Å². The quantitative estimate of drug-likeness (QED) is 0.814. The monoisotopic (exact) mass is 338 g/mol. The highest BCUT2D eigenvalue weighted by atomic mass is 19.3. The Hall–Kier alpha value is -2.83. The normalized spacial score (nSPS) is 10.5. The molecule has 24 heavy (non-hydrogen) atoms. The molecule has 0 amide bonds. The van der Waals surface area contributed by atoms with Crippen molar-refractivity contribution < 1.29 is 32.9 Å². The Morgan fingerprint density at radius 3 is 2.58 bits per heavy atom. The molecule has 0 bridgehead atoms. The van der Waals surface area contributed by atoms with Crippen molar-refractivity contribution in [3.8, 4) is 17.2 Å². The van der Waals surface area contributed by atoms with E-state index in [9.17, 15) is 18.7 Å².